The van der Waals surface area contributed by atoms with E-state index in [2.05, 4.69) is 18.3 Å². The van der Waals surface area contributed by atoms with E-state index in [4.69, 9.17) is 21.4 Å². The monoisotopic (exact) mass is 381 g/mol. The van der Waals surface area contributed by atoms with Crippen LogP contribution in [-0.4, -0.2) is 11.1 Å². The smallest absolute Gasteiger partial charge is 0.335 e. The molecule has 0 aliphatic heterocycles. The number of hydrogen-bond acceptors (Lipinski definition) is 3. The highest BCUT2D eigenvalue weighted by Crippen LogP contribution is 2.25. The van der Waals surface area contributed by atoms with Gasteiger partial charge in [0.25, 0.3) is 0 Å². The molecule has 0 heterocycles. The van der Waals surface area contributed by atoms with Gasteiger partial charge in [0, 0.05) is 22.8 Å². The van der Waals surface area contributed by atoms with Crippen molar-refractivity contribution in [2.24, 2.45) is 0 Å². The van der Waals surface area contributed by atoms with Crippen molar-refractivity contribution < 1.29 is 14.6 Å². The summed E-state index contributed by atoms with van der Waals surface area (Å²) in [5.41, 5.74) is 4.33. The second-order valence-electron chi connectivity index (χ2n) is 6.20. The molecule has 0 unspecified atom stereocenters. The van der Waals surface area contributed by atoms with E-state index < -0.39 is 5.97 Å². The maximum atomic E-state index is 10.9. The third-order valence-corrected chi connectivity index (χ3v) is 4.52. The molecule has 0 radical (unpaired) electrons. The van der Waals surface area contributed by atoms with Gasteiger partial charge in [-0.15, -0.1) is 0 Å². The lowest BCUT2D eigenvalue weighted by atomic mass is 10.1. The fraction of sp³-hybridized carbons (Fsp3) is 0.136. The molecule has 0 aliphatic carbocycles. The lowest BCUT2D eigenvalue weighted by Gasteiger charge is -2.14. The second kappa shape index (κ2) is 8.60. The maximum Gasteiger partial charge on any atom is 0.335 e. The average molecular weight is 382 g/mol. The van der Waals surface area contributed by atoms with Crippen molar-refractivity contribution in [1.82, 2.24) is 0 Å². The molecular formula is C22H20ClNO3. The van der Waals surface area contributed by atoms with Gasteiger partial charge < -0.3 is 15.2 Å². The van der Waals surface area contributed by atoms with Gasteiger partial charge in [-0.25, -0.2) is 4.79 Å². The molecule has 0 saturated heterocycles. The molecule has 3 aromatic rings. The van der Waals surface area contributed by atoms with Crippen LogP contribution >= 0.6 is 11.6 Å². The van der Waals surface area contributed by atoms with Crippen molar-refractivity contribution in [1.29, 1.82) is 0 Å². The Hall–Kier alpha value is -2.98. The molecule has 0 bridgehead atoms. The van der Waals surface area contributed by atoms with Crippen LogP contribution in [0, 0.1) is 6.92 Å². The molecule has 27 heavy (non-hydrogen) atoms. The molecule has 5 heteroatoms. The molecule has 3 aromatic carbocycles. The Morgan fingerprint density at radius 2 is 1.78 bits per heavy atom. The van der Waals surface area contributed by atoms with Gasteiger partial charge >= 0.3 is 5.97 Å². The van der Waals surface area contributed by atoms with Crippen LogP contribution in [0.25, 0.3) is 0 Å². The Morgan fingerprint density at radius 3 is 2.48 bits per heavy atom. The number of ether oxygens (including phenoxy) is 1. The zero-order valence-electron chi connectivity index (χ0n) is 14.9. The first-order valence-corrected chi connectivity index (χ1v) is 8.93. The summed E-state index contributed by atoms with van der Waals surface area (Å²) < 4.78 is 6.02. The van der Waals surface area contributed by atoms with Crippen LogP contribution in [0.5, 0.6) is 5.75 Å². The van der Waals surface area contributed by atoms with E-state index in [9.17, 15) is 4.79 Å². The number of carbonyl (C=O) groups is 1. The first kappa shape index (κ1) is 18.8. The summed E-state index contributed by atoms with van der Waals surface area (Å²) in [4.78, 5) is 10.9. The summed E-state index contributed by atoms with van der Waals surface area (Å²) in [7, 11) is 0. The van der Waals surface area contributed by atoms with Crippen molar-refractivity contribution in [3.63, 3.8) is 0 Å². The summed E-state index contributed by atoms with van der Waals surface area (Å²) in [5, 5.41) is 12.9. The summed E-state index contributed by atoms with van der Waals surface area (Å²) in [6.45, 7) is 3.05. The van der Waals surface area contributed by atoms with E-state index >= 15 is 0 Å². The third kappa shape index (κ3) is 5.02. The van der Waals surface area contributed by atoms with Gasteiger partial charge in [-0.1, -0.05) is 35.9 Å². The van der Waals surface area contributed by atoms with Crippen LogP contribution in [0.2, 0.25) is 5.02 Å². The number of aryl methyl sites for hydroxylation is 1. The van der Waals surface area contributed by atoms with Crippen LogP contribution in [0.15, 0.2) is 66.7 Å². The zero-order valence-corrected chi connectivity index (χ0v) is 15.7. The highest BCUT2D eigenvalue weighted by atomic mass is 35.5. The Balaban J connectivity index is 1.70. The van der Waals surface area contributed by atoms with Gasteiger partial charge in [-0.3, -0.25) is 0 Å². The normalized spacial score (nSPS) is 10.4. The van der Waals surface area contributed by atoms with E-state index in [0.717, 1.165) is 22.6 Å². The standard InChI is InChI=1S/C22H20ClNO3/c1-15-4-2-3-5-17(15)14-27-21-11-8-19(23)12-18(21)13-24-20-9-6-16(7-10-20)22(25)26/h2-12,24H,13-14H2,1H3,(H,25,26). The molecule has 138 valence electrons. The van der Waals surface area contributed by atoms with Gasteiger partial charge in [-0.05, 0) is 60.5 Å². The summed E-state index contributed by atoms with van der Waals surface area (Å²) in [6, 6.07) is 20.3. The Bertz CT molecular complexity index is 939. The van der Waals surface area contributed by atoms with Crippen LogP contribution in [-0.2, 0) is 13.2 Å². The van der Waals surface area contributed by atoms with Gasteiger partial charge in [0.05, 0.1) is 5.56 Å². The van der Waals surface area contributed by atoms with E-state index in [1.807, 2.05) is 30.3 Å². The predicted molar refractivity (Wildman–Crippen MR) is 108 cm³/mol. The van der Waals surface area contributed by atoms with Gasteiger partial charge in [0.15, 0.2) is 0 Å². The van der Waals surface area contributed by atoms with Crippen molar-refractivity contribution in [2.45, 2.75) is 20.1 Å². The second-order valence-corrected chi connectivity index (χ2v) is 6.64. The van der Waals surface area contributed by atoms with Crippen LogP contribution in [0.4, 0.5) is 5.69 Å². The fourth-order valence-corrected chi connectivity index (χ4v) is 2.88. The lowest BCUT2D eigenvalue weighted by Crippen LogP contribution is -2.05. The molecule has 0 fully saturated rings. The van der Waals surface area contributed by atoms with Crippen molar-refractivity contribution in [2.75, 3.05) is 5.32 Å². The largest absolute Gasteiger partial charge is 0.489 e. The van der Waals surface area contributed by atoms with Gasteiger partial charge in [0.1, 0.15) is 12.4 Å². The quantitative estimate of drug-likeness (QED) is 0.564. The topological polar surface area (TPSA) is 58.6 Å². The minimum Gasteiger partial charge on any atom is -0.489 e. The molecule has 0 aliphatic rings. The summed E-state index contributed by atoms with van der Waals surface area (Å²) in [6.07, 6.45) is 0. The minimum absolute atomic E-state index is 0.255. The van der Waals surface area contributed by atoms with Crippen molar-refractivity contribution >= 4 is 23.3 Å². The number of hydrogen-bond donors (Lipinski definition) is 2. The predicted octanol–water partition coefficient (Wildman–Crippen LogP) is 5.54. The average Bonchev–Trinajstić information content (AvgIpc) is 2.67. The molecule has 0 saturated carbocycles. The first-order chi connectivity index (χ1) is 13.0. The first-order valence-electron chi connectivity index (χ1n) is 8.56. The van der Waals surface area contributed by atoms with Crippen molar-refractivity contribution in [3.8, 4) is 5.75 Å². The van der Waals surface area contributed by atoms with Crippen molar-refractivity contribution in [3.05, 3.63) is 94.0 Å². The highest BCUT2D eigenvalue weighted by Gasteiger charge is 2.07. The van der Waals surface area contributed by atoms with E-state index in [1.165, 1.54) is 5.56 Å². The Labute approximate surface area is 163 Å². The highest BCUT2D eigenvalue weighted by molar-refractivity contribution is 6.30. The molecule has 0 amide bonds. The van der Waals surface area contributed by atoms with E-state index in [-0.39, 0.29) is 5.56 Å². The molecule has 0 atom stereocenters. The Morgan fingerprint density at radius 1 is 1.04 bits per heavy atom. The van der Waals surface area contributed by atoms with E-state index in [1.54, 1.807) is 30.3 Å². The molecule has 3 rings (SSSR count). The fourth-order valence-electron chi connectivity index (χ4n) is 2.68. The molecular weight excluding hydrogens is 362 g/mol. The van der Waals surface area contributed by atoms with Crippen LogP contribution in [0.3, 0.4) is 0 Å². The molecule has 4 nitrogen and oxygen atoms in total. The number of benzene rings is 3. The Kier molecular flexibility index (Phi) is 5.99. The maximum absolute atomic E-state index is 10.9. The number of carboxylic acids is 1. The molecule has 0 aromatic heterocycles. The summed E-state index contributed by atoms with van der Waals surface area (Å²) >= 11 is 6.15. The minimum atomic E-state index is -0.941. The van der Waals surface area contributed by atoms with Gasteiger partial charge in [-0.2, -0.15) is 0 Å². The number of aromatic carboxylic acids is 1. The van der Waals surface area contributed by atoms with Crippen LogP contribution < -0.4 is 10.1 Å². The molecule has 0 spiro atoms. The lowest BCUT2D eigenvalue weighted by molar-refractivity contribution is 0.0697. The molecule has 2 N–H and O–H groups in total. The number of nitrogens with one attached hydrogen (secondary N) is 1. The number of halogens is 1. The number of anilines is 1. The number of rotatable bonds is 7. The van der Waals surface area contributed by atoms with E-state index in [0.29, 0.717) is 18.2 Å². The summed E-state index contributed by atoms with van der Waals surface area (Å²) in [5.74, 6) is -0.180. The zero-order chi connectivity index (χ0) is 19.2. The number of carboxylic acid groups (broad SMARTS) is 1. The van der Waals surface area contributed by atoms with Crippen LogP contribution in [0.1, 0.15) is 27.0 Å². The van der Waals surface area contributed by atoms with Gasteiger partial charge in [0.2, 0.25) is 0 Å². The third-order valence-electron chi connectivity index (χ3n) is 4.28. The SMILES string of the molecule is Cc1ccccc1COc1ccc(Cl)cc1CNc1ccc(C(=O)O)cc1.